The van der Waals surface area contributed by atoms with Crippen LogP contribution in [-0.2, 0) is 20.9 Å². The van der Waals surface area contributed by atoms with E-state index in [2.05, 4.69) is 5.32 Å². The molecule has 0 aliphatic carbocycles. The molecule has 32 heavy (non-hydrogen) atoms. The number of fused-ring (bicyclic) bond motifs is 1. The third-order valence-electron chi connectivity index (χ3n) is 5.51. The fraction of sp³-hybridized carbons (Fsp3) is 0.375. The van der Waals surface area contributed by atoms with E-state index in [4.69, 9.17) is 9.47 Å². The maximum atomic E-state index is 12.8. The number of morpholine rings is 1. The first kappa shape index (κ1) is 21.8. The molecule has 2 aliphatic heterocycles. The van der Waals surface area contributed by atoms with E-state index in [0.717, 1.165) is 5.56 Å². The summed E-state index contributed by atoms with van der Waals surface area (Å²) in [6, 6.07) is 14.4. The molecule has 2 aromatic carbocycles. The zero-order valence-electron chi connectivity index (χ0n) is 18.2. The summed E-state index contributed by atoms with van der Waals surface area (Å²) >= 11 is 0. The van der Waals surface area contributed by atoms with Gasteiger partial charge in [0.1, 0.15) is 12.3 Å². The number of ether oxygens (including phenoxy) is 2. The lowest BCUT2D eigenvalue weighted by molar-refractivity contribution is -0.125. The van der Waals surface area contributed by atoms with E-state index in [1.54, 1.807) is 30.3 Å². The molecular weight excluding hydrogens is 410 g/mol. The van der Waals surface area contributed by atoms with E-state index in [1.165, 1.54) is 4.90 Å². The van der Waals surface area contributed by atoms with E-state index >= 15 is 0 Å². The number of benzene rings is 2. The molecule has 1 saturated heterocycles. The Morgan fingerprint density at radius 3 is 2.44 bits per heavy atom. The molecule has 1 N–H and O–H groups in total. The predicted octanol–water partition coefficient (Wildman–Crippen LogP) is 1.98. The highest BCUT2D eigenvalue weighted by Crippen LogP contribution is 2.31. The highest BCUT2D eigenvalue weighted by molar-refractivity contribution is 6.02. The van der Waals surface area contributed by atoms with Gasteiger partial charge in [-0.1, -0.05) is 24.3 Å². The Hall–Kier alpha value is -3.39. The van der Waals surface area contributed by atoms with Gasteiger partial charge in [-0.3, -0.25) is 19.3 Å². The maximum Gasteiger partial charge on any atom is 0.265 e. The highest BCUT2D eigenvalue weighted by Gasteiger charge is 2.28. The van der Waals surface area contributed by atoms with E-state index in [9.17, 15) is 14.4 Å². The first-order valence-electron chi connectivity index (χ1n) is 10.7. The fourth-order valence-corrected chi connectivity index (χ4v) is 4.02. The molecule has 8 heteroatoms. The van der Waals surface area contributed by atoms with Crippen LogP contribution in [0.15, 0.2) is 48.5 Å². The van der Waals surface area contributed by atoms with E-state index in [1.807, 2.05) is 36.9 Å². The number of anilines is 1. The van der Waals surface area contributed by atoms with Gasteiger partial charge in [0.25, 0.3) is 11.8 Å². The van der Waals surface area contributed by atoms with Gasteiger partial charge in [0.05, 0.1) is 17.9 Å². The second-order valence-corrected chi connectivity index (χ2v) is 8.18. The van der Waals surface area contributed by atoms with Gasteiger partial charge in [0.2, 0.25) is 5.91 Å². The Labute approximate surface area is 187 Å². The van der Waals surface area contributed by atoms with Gasteiger partial charge >= 0.3 is 0 Å². The molecule has 0 spiro atoms. The quantitative estimate of drug-likeness (QED) is 0.773. The fourth-order valence-electron chi connectivity index (χ4n) is 4.02. The molecule has 0 aromatic heterocycles. The van der Waals surface area contributed by atoms with Crippen molar-refractivity contribution < 1.29 is 23.9 Å². The molecule has 2 heterocycles. The number of para-hydroxylation sites is 2. The average molecular weight is 437 g/mol. The van der Waals surface area contributed by atoms with Crippen LogP contribution in [0.1, 0.15) is 29.8 Å². The van der Waals surface area contributed by atoms with Crippen LogP contribution in [0.3, 0.4) is 0 Å². The number of hydrogen-bond donors (Lipinski definition) is 1. The van der Waals surface area contributed by atoms with Crippen molar-refractivity contribution in [2.45, 2.75) is 32.6 Å². The molecule has 0 saturated carbocycles. The minimum atomic E-state index is -0.272. The monoisotopic (exact) mass is 437 g/mol. The second-order valence-electron chi connectivity index (χ2n) is 8.18. The van der Waals surface area contributed by atoms with E-state index in [-0.39, 0.29) is 43.1 Å². The Balaban J connectivity index is 1.32. The molecule has 1 fully saturated rings. The van der Waals surface area contributed by atoms with Crippen molar-refractivity contribution >= 4 is 23.4 Å². The number of rotatable bonds is 5. The number of carbonyl (C=O) groups is 3. The highest BCUT2D eigenvalue weighted by atomic mass is 16.5. The van der Waals surface area contributed by atoms with Crippen LogP contribution >= 0.6 is 0 Å². The predicted molar refractivity (Wildman–Crippen MR) is 118 cm³/mol. The van der Waals surface area contributed by atoms with Gasteiger partial charge in [-0.05, 0) is 43.7 Å². The summed E-state index contributed by atoms with van der Waals surface area (Å²) in [6.45, 7) is 5.22. The standard InChI is InChI=1S/C24H27N3O5/c1-16-12-26(13-17(2)32-16)24(30)19-9-7-18(8-10-19)11-25-22(28)14-27-20-5-3-4-6-21(20)31-15-23(27)29/h3-10,16-17H,11-15H2,1-2H3,(H,25,28). The number of nitrogens with one attached hydrogen (secondary N) is 1. The smallest absolute Gasteiger partial charge is 0.265 e. The Kier molecular flexibility index (Phi) is 6.41. The van der Waals surface area contributed by atoms with Crippen LogP contribution in [0, 0.1) is 0 Å². The lowest BCUT2D eigenvalue weighted by Crippen LogP contribution is -2.48. The summed E-state index contributed by atoms with van der Waals surface area (Å²) in [5.41, 5.74) is 2.07. The summed E-state index contributed by atoms with van der Waals surface area (Å²) in [5.74, 6) is 0.0382. The molecule has 168 valence electrons. The minimum absolute atomic E-state index is 0.0162. The third kappa shape index (κ3) is 4.91. The molecule has 0 radical (unpaired) electrons. The first-order chi connectivity index (χ1) is 15.4. The van der Waals surface area contributed by atoms with Gasteiger partial charge in [0, 0.05) is 25.2 Å². The molecular formula is C24H27N3O5. The number of hydrogen-bond acceptors (Lipinski definition) is 5. The maximum absolute atomic E-state index is 12.8. The molecule has 2 atom stereocenters. The largest absolute Gasteiger partial charge is 0.482 e. The van der Waals surface area contributed by atoms with Crippen LogP contribution in [0.25, 0.3) is 0 Å². The number of nitrogens with zero attached hydrogens (tertiary/aromatic N) is 2. The van der Waals surface area contributed by atoms with Gasteiger partial charge < -0.3 is 19.7 Å². The number of carbonyl (C=O) groups excluding carboxylic acids is 3. The van der Waals surface area contributed by atoms with Gasteiger partial charge in [0.15, 0.2) is 6.61 Å². The van der Waals surface area contributed by atoms with Crippen molar-refractivity contribution in [3.8, 4) is 5.75 Å². The molecule has 4 rings (SSSR count). The first-order valence-corrected chi connectivity index (χ1v) is 10.7. The molecule has 0 bridgehead atoms. The lowest BCUT2D eigenvalue weighted by atomic mass is 10.1. The topological polar surface area (TPSA) is 88.2 Å². The zero-order valence-corrected chi connectivity index (χ0v) is 18.2. The normalized spacial score (nSPS) is 20.4. The van der Waals surface area contributed by atoms with Crippen molar-refractivity contribution in [2.75, 3.05) is 31.1 Å². The third-order valence-corrected chi connectivity index (χ3v) is 5.51. The summed E-state index contributed by atoms with van der Waals surface area (Å²) < 4.78 is 11.1. The second kappa shape index (κ2) is 9.40. The van der Waals surface area contributed by atoms with Crippen molar-refractivity contribution in [1.29, 1.82) is 0 Å². The van der Waals surface area contributed by atoms with Crippen molar-refractivity contribution in [1.82, 2.24) is 10.2 Å². The van der Waals surface area contributed by atoms with Crippen LogP contribution in [0.5, 0.6) is 5.75 Å². The molecule has 2 unspecified atom stereocenters. The Bertz CT molecular complexity index is 997. The van der Waals surface area contributed by atoms with Gasteiger partial charge in [-0.2, -0.15) is 0 Å². The SMILES string of the molecule is CC1CN(C(=O)c2ccc(CNC(=O)CN3C(=O)COc4ccccc43)cc2)CC(C)O1. The van der Waals surface area contributed by atoms with Crippen molar-refractivity contribution in [2.24, 2.45) is 0 Å². The molecule has 8 nitrogen and oxygen atoms in total. The minimum Gasteiger partial charge on any atom is -0.482 e. The average Bonchev–Trinajstić information content (AvgIpc) is 2.79. The molecule has 3 amide bonds. The van der Waals surface area contributed by atoms with Crippen molar-refractivity contribution in [3.05, 3.63) is 59.7 Å². The molecule has 2 aromatic rings. The summed E-state index contributed by atoms with van der Waals surface area (Å²) in [6.07, 6.45) is 0.0324. The van der Waals surface area contributed by atoms with E-state index < -0.39 is 0 Å². The van der Waals surface area contributed by atoms with Gasteiger partial charge in [-0.25, -0.2) is 0 Å². The molecule has 2 aliphatic rings. The van der Waals surface area contributed by atoms with E-state index in [0.29, 0.717) is 36.6 Å². The zero-order chi connectivity index (χ0) is 22.7. The Morgan fingerprint density at radius 1 is 1.03 bits per heavy atom. The van der Waals surface area contributed by atoms with Crippen LogP contribution < -0.4 is 15.0 Å². The number of amides is 3. The summed E-state index contributed by atoms with van der Waals surface area (Å²) in [7, 11) is 0. The van der Waals surface area contributed by atoms with Crippen molar-refractivity contribution in [3.63, 3.8) is 0 Å². The van der Waals surface area contributed by atoms with Crippen LogP contribution in [-0.4, -0.2) is 61.1 Å². The lowest BCUT2D eigenvalue weighted by Gasteiger charge is -2.35. The van der Waals surface area contributed by atoms with Gasteiger partial charge in [-0.15, -0.1) is 0 Å². The summed E-state index contributed by atoms with van der Waals surface area (Å²) in [4.78, 5) is 40.7. The van der Waals surface area contributed by atoms with Crippen LogP contribution in [0.4, 0.5) is 5.69 Å². The Morgan fingerprint density at radius 2 is 1.72 bits per heavy atom. The summed E-state index contributed by atoms with van der Waals surface area (Å²) in [5, 5.41) is 2.84. The van der Waals surface area contributed by atoms with Crippen LogP contribution in [0.2, 0.25) is 0 Å².